The molecule has 0 aromatic heterocycles. The first kappa shape index (κ1) is 25.3. The molecule has 6 nitrogen and oxygen atoms in total. The molecule has 2 aromatic carbocycles. The van der Waals surface area contributed by atoms with E-state index < -0.39 is 0 Å². The van der Waals surface area contributed by atoms with Crippen molar-refractivity contribution >= 4 is 17.5 Å². The predicted octanol–water partition coefficient (Wildman–Crippen LogP) is 5.23. The van der Waals surface area contributed by atoms with Crippen LogP contribution in [0, 0.1) is 5.92 Å². The number of nitrogens with zero attached hydrogens (tertiary/aromatic N) is 1. The van der Waals surface area contributed by atoms with E-state index in [1.807, 2.05) is 31.2 Å². The number of benzene rings is 2. The smallest absolute Gasteiger partial charge is 0.265 e. The summed E-state index contributed by atoms with van der Waals surface area (Å²) in [6, 6.07) is 12.9. The lowest BCUT2D eigenvalue weighted by atomic mass is 9.90. The van der Waals surface area contributed by atoms with Crippen LogP contribution < -0.4 is 14.9 Å². The number of halogens is 1. The molecule has 3 rings (SSSR count). The molecule has 1 saturated carbocycles. The van der Waals surface area contributed by atoms with Gasteiger partial charge in [-0.15, -0.1) is 0 Å². The number of carbonyl (C=O) groups excluding carboxylic acids is 1. The van der Waals surface area contributed by atoms with Crippen molar-refractivity contribution in [3.63, 3.8) is 0 Å². The fraction of sp³-hybridized carbons (Fsp3) is 0.500. The van der Waals surface area contributed by atoms with Crippen molar-refractivity contribution in [3.05, 3.63) is 58.6 Å². The van der Waals surface area contributed by atoms with Crippen LogP contribution in [0.25, 0.3) is 0 Å². The summed E-state index contributed by atoms with van der Waals surface area (Å²) in [7, 11) is 0. The van der Waals surface area contributed by atoms with Gasteiger partial charge in [0.15, 0.2) is 0 Å². The molecule has 0 aliphatic heterocycles. The van der Waals surface area contributed by atoms with Gasteiger partial charge < -0.3 is 14.6 Å². The number of rotatable bonds is 12. The van der Waals surface area contributed by atoms with E-state index in [2.05, 4.69) is 5.43 Å². The predicted molar refractivity (Wildman–Crippen MR) is 131 cm³/mol. The Morgan fingerprint density at radius 1 is 1.12 bits per heavy atom. The molecule has 0 saturated heterocycles. The van der Waals surface area contributed by atoms with Crippen molar-refractivity contribution in [3.8, 4) is 11.5 Å². The lowest BCUT2D eigenvalue weighted by Gasteiger charge is -2.23. The average Bonchev–Trinajstić information content (AvgIpc) is 2.83. The molecule has 1 fully saturated rings. The second-order valence-corrected chi connectivity index (χ2v) is 8.95. The van der Waals surface area contributed by atoms with Crippen LogP contribution in [-0.4, -0.2) is 42.4 Å². The molecule has 0 atom stereocenters. The van der Waals surface area contributed by atoms with Gasteiger partial charge in [-0.1, -0.05) is 49.9 Å². The molecule has 0 spiro atoms. The lowest BCUT2D eigenvalue weighted by molar-refractivity contribution is 0.0732. The highest BCUT2D eigenvalue weighted by Crippen LogP contribution is 2.26. The van der Waals surface area contributed by atoms with E-state index in [1.165, 1.54) is 32.1 Å². The summed E-state index contributed by atoms with van der Waals surface area (Å²) in [5, 5.41) is 11.5. The number of amides is 1. The van der Waals surface area contributed by atoms with E-state index >= 15 is 0 Å². The van der Waals surface area contributed by atoms with Crippen molar-refractivity contribution in [2.75, 3.05) is 26.4 Å². The van der Waals surface area contributed by atoms with Crippen molar-refractivity contribution in [2.24, 2.45) is 5.92 Å². The third-order valence-corrected chi connectivity index (χ3v) is 6.09. The molecule has 7 heteroatoms. The molecular weight excluding hydrogens is 440 g/mol. The molecule has 1 amide bonds. The minimum Gasteiger partial charge on any atom is -0.493 e. The van der Waals surface area contributed by atoms with Crippen molar-refractivity contribution in [2.45, 2.75) is 52.0 Å². The Kier molecular flexibility index (Phi) is 10.3. The second kappa shape index (κ2) is 13.4. The van der Waals surface area contributed by atoms with Crippen LogP contribution in [0.3, 0.4) is 0 Å². The summed E-state index contributed by atoms with van der Waals surface area (Å²) in [6.07, 6.45) is 7.35. The van der Waals surface area contributed by atoms with Gasteiger partial charge in [0.05, 0.1) is 24.8 Å². The molecule has 180 valence electrons. The lowest BCUT2D eigenvalue weighted by Crippen LogP contribution is -2.43. The third-order valence-electron chi connectivity index (χ3n) is 5.79. The zero-order valence-electron chi connectivity index (χ0n) is 19.4. The molecule has 0 radical (unpaired) electrons. The SMILES string of the molecule is CCCOc1ccc(C(=O)NN(CCO)Cc2ccc(OCC3CCCCC3)cc2)cc1Cl. The van der Waals surface area contributed by atoms with Crippen LogP contribution in [-0.2, 0) is 6.54 Å². The minimum atomic E-state index is -0.292. The molecule has 33 heavy (non-hydrogen) atoms. The monoisotopic (exact) mass is 474 g/mol. The first-order chi connectivity index (χ1) is 16.1. The Bertz CT molecular complexity index is 869. The number of nitrogens with one attached hydrogen (secondary N) is 1. The van der Waals surface area contributed by atoms with E-state index in [0.29, 0.717) is 41.9 Å². The van der Waals surface area contributed by atoms with E-state index in [-0.39, 0.29) is 12.5 Å². The van der Waals surface area contributed by atoms with Crippen molar-refractivity contribution in [1.82, 2.24) is 10.4 Å². The highest BCUT2D eigenvalue weighted by Gasteiger charge is 2.15. The molecule has 0 bridgehead atoms. The van der Waals surface area contributed by atoms with Crippen LogP contribution in [0.1, 0.15) is 61.4 Å². The van der Waals surface area contributed by atoms with Gasteiger partial charge in [-0.05, 0) is 61.1 Å². The fourth-order valence-corrected chi connectivity index (χ4v) is 4.19. The Morgan fingerprint density at radius 2 is 1.88 bits per heavy atom. The maximum Gasteiger partial charge on any atom is 0.265 e. The number of hydrazine groups is 1. The van der Waals surface area contributed by atoms with Crippen LogP contribution >= 0.6 is 11.6 Å². The van der Waals surface area contributed by atoms with Crippen LogP contribution in [0.15, 0.2) is 42.5 Å². The van der Waals surface area contributed by atoms with Crippen LogP contribution in [0.4, 0.5) is 0 Å². The Morgan fingerprint density at radius 3 is 2.55 bits per heavy atom. The highest BCUT2D eigenvalue weighted by molar-refractivity contribution is 6.32. The third kappa shape index (κ3) is 8.22. The van der Waals surface area contributed by atoms with Gasteiger partial charge in [0.2, 0.25) is 0 Å². The van der Waals surface area contributed by atoms with E-state index in [1.54, 1.807) is 23.2 Å². The quantitative estimate of drug-likeness (QED) is 0.412. The van der Waals surface area contributed by atoms with Crippen molar-refractivity contribution < 1.29 is 19.4 Å². The minimum absolute atomic E-state index is 0.0760. The number of hydrogen-bond donors (Lipinski definition) is 2. The van der Waals surface area contributed by atoms with Gasteiger partial charge in [0.25, 0.3) is 5.91 Å². The molecule has 0 unspecified atom stereocenters. The van der Waals surface area contributed by atoms with Gasteiger partial charge in [-0.25, -0.2) is 5.01 Å². The van der Waals surface area contributed by atoms with Gasteiger partial charge in [-0.2, -0.15) is 0 Å². The highest BCUT2D eigenvalue weighted by atomic mass is 35.5. The molecule has 1 aliphatic carbocycles. The largest absolute Gasteiger partial charge is 0.493 e. The number of ether oxygens (including phenoxy) is 2. The molecule has 2 aromatic rings. The zero-order valence-corrected chi connectivity index (χ0v) is 20.2. The first-order valence-electron chi connectivity index (χ1n) is 11.9. The number of aliphatic hydroxyl groups excluding tert-OH is 1. The molecule has 1 aliphatic rings. The maximum absolute atomic E-state index is 12.7. The Hall–Kier alpha value is -2.28. The van der Waals surface area contributed by atoms with Gasteiger partial charge in [-0.3, -0.25) is 10.2 Å². The summed E-state index contributed by atoms with van der Waals surface area (Å²) in [5.74, 6) is 1.80. The van der Waals surface area contributed by atoms with Gasteiger partial charge >= 0.3 is 0 Å². The van der Waals surface area contributed by atoms with Gasteiger partial charge in [0, 0.05) is 18.7 Å². The molecule has 2 N–H and O–H groups in total. The number of aliphatic hydroxyl groups is 1. The summed E-state index contributed by atoms with van der Waals surface area (Å²) >= 11 is 6.26. The number of hydrogen-bond acceptors (Lipinski definition) is 5. The Balaban J connectivity index is 1.54. The fourth-order valence-electron chi connectivity index (χ4n) is 3.95. The van der Waals surface area contributed by atoms with Crippen LogP contribution in [0.5, 0.6) is 11.5 Å². The zero-order chi connectivity index (χ0) is 23.5. The van der Waals surface area contributed by atoms with Crippen LogP contribution in [0.2, 0.25) is 5.02 Å². The summed E-state index contributed by atoms with van der Waals surface area (Å²) < 4.78 is 11.5. The maximum atomic E-state index is 12.7. The van der Waals surface area contributed by atoms with Crippen molar-refractivity contribution in [1.29, 1.82) is 0 Å². The molecular formula is C26H35ClN2O4. The second-order valence-electron chi connectivity index (χ2n) is 8.54. The number of carbonyl (C=O) groups is 1. The summed E-state index contributed by atoms with van der Waals surface area (Å²) in [6.45, 7) is 4.05. The van der Waals surface area contributed by atoms with E-state index in [9.17, 15) is 9.90 Å². The summed E-state index contributed by atoms with van der Waals surface area (Å²) in [5.41, 5.74) is 4.30. The standard InChI is InChI=1S/C26H35ClN2O4/c1-2-16-32-25-13-10-22(17-24(25)27)26(31)28-29(14-15-30)18-20-8-11-23(12-9-20)33-19-21-6-4-3-5-7-21/h8-13,17,21,30H,2-7,14-16,18-19H2,1H3,(H,28,31). The Labute approximate surface area is 201 Å². The normalized spacial score (nSPS) is 14.3. The molecule has 0 heterocycles. The average molecular weight is 475 g/mol. The topological polar surface area (TPSA) is 71.0 Å². The van der Waals surface area contributed by atoms with Gasteiger partial charge in [0.1, 0.15) is 11.5 Å². The van der Waals surface area contributed by atoms with E-state index in [4.69, 9.17) is 21.1 Å². The van der Waals surface area contributed by atoms with E-state index in [0.717, 1.165) is 24.3 Å². The summed E-state index contributed by atoms with van der Waals surface area (Å²) in [4.78, 5) is 12.7. The first-order valence-corrected chi connectivity index (χ1v) is 12.3.